The van der Waals surface area contributed by atoms with Crippen molar-refractivity contribution < 1.29 is 18.7 Å². The molecule has 0 radical (unpaired) electrons. The maximum Gasteiger partial charge on any atom is 0.409 e. The summed E-state index contributed by atoms with van der Waals surface area (Å²) < 4.78 is 24.8. The van der Waals surface area contributed by atoms with Crippen LogP contribution in [-0.4, -0.2) is 84.9 Å². The highest BCUT2D eigenvalue weighted by atomic mass is 19.1. The van der Waals surface area contributed by atoms with Gasteiger partial charge in [0.25, 0.3) is 0 Å². The van der Waals surface area contributed by atoms with E-state index in [9.17, 15) is 9.18 Å². The number of methoxy groups -OCH3 is 1. The number of carbonyl (C=O) groups is 1. The van der Waals surface area contributed by atoms with Crippen molar-refractivity contribution in [1.29, 1.82) is 0 Å². The van der Waals surface area contributed by atoms with Crippen molar-refractivity contribution in [3.8, 4) is 17.1 Å². The fraction of sp³-hybridized carbons (Fsp3) is 0.560. The Morgan fingerprint density at radius 1 is 1.24 bits per heavy atom. The van der Waals surface area contributed by atoms with E-state index in [1.807, 2.05) is 24.0 Å². The van der Waals surface area contributed by atoms with Crippen LogP contribution in [0.2, 0.25) is 0 Å². The quantitative estimate of drug-likeness (QED) is 0.665. The summed E-state index contributed by atoms with van der Waals surface area (Å²) in [6, 6.07) is 5.84. The molecule has 0 aromatic carbocycles. The molecule has 5 rings (SSSR count). The van der Waals surface area contributed by atoms with Gasteiger partial charge in [0.15, 0.2) is 0 Å². The molecule has 1 saturated carbocycles. The Bertz CT molecular complexity index is 1040. The second kappa shape index (κ2) is 9.37. The highest BCUT2D eigenvalue weighted by molar-refractivity contribution is 5.78. The van der Waals surface area contributed by atoms with Crippen LogP contribution in [0.15, 0.2) is 30.6 Å². The van der Waals surface area contributed by atoms with E-state index in [1.165, 1.54) is 6.20 Å². The predicted octanol–water partition coefficient (Wildman–Crippen LogP) is 3.42. The second-order valence-corrected chi connectivity index (χ2v) is 9.56. The third-order valence-electron chi connectivity index (χ3n) is 7.48. The Morgan fingerprint density at radius 3 is 2.76 bits per heavy atom. The van der Waals surface area contributed by atoms with Crippen molar-refractivity contribution in [2.24, 2.45) is 5.41 Å². The number of anilines is 1. The number of nitrogens with zero attached hydrogens (tertiary/aromatic N) is 5. The summed E-state index contributed by atoms with van der Waals surface area (Å²) in [5, 5.41) is 0. The molecule has 2 aromatic rings. The summed E-state index contributed by atoms with van der Waals surface area (Å²) in [6.45, 7) is 7.34. The Kier molecular flexibility index (Phi) is 6.29. The minimum atomic E-state index is -0.349. The molecule has 0 bridgehead atoms. The number of pyridine rings is 2. The van der Waals surface area contributed by atoms with Crippen LogP contribution in [0, 0.1) is 11.2 Å². The lowest BCUT2D eigenvalue weighted by Crippen LogP contribution is -2.58. The fourth-order valence-electron chi connectivity index (χ4n) is 5.82. The van der Waals surface area contributed by atoms with Crippen molar-refractivity contribution in [3.63, 3.8) is 0 Å². The molecule has 3 fully saturated rings. The van der Waals surface area contributed by atoms with Crippen LogP contribution in [0.1, 0.15) is 26.2 Å². The summed E-state index contributed by atoms with van der Waals surface area (Å²) in [5.74, 6) is 0.132. The van der Waals surface area contributed by atoms with Gasteiger partial charge >= 0.3 is 6.09 Å². The summed E-state index contributed by atoms with van der Waals surface area (Å²) in [4.78, 5) is 27.3. The van der Waals surface area contributed by atoms with Gasteiger partial charge in [-0.1, -0.05) is 0 Å². The van der Waals surface area contributed by atoms with Crippen molar-refractivity contribution in [1.82, 2.24) is 19.8 Å². The Balaban J connectivity index is 1.23. The van der Waals surface area contributed by atoms with Gasteiger partial charge in [-0.3, -0.25) is 9.88 Å². The lowest BCUT2D eigenvalue weighted by atomic mass is 9.78. The molecule has 2 saturated heterocycles. The van der Waals surface area contributed by atoms with Crippen molar-refractivity contribution in [2.75, 3.05) is 57.9 Å². The molecule has 0 N–H and O–H groups in total. The molecule has 1 atom stereocenters. The Labute approximate surface area is 199 Å². The molecule has 1 spiro atoms. The first-order valence-electron chi connectivity index (χ1n) is 12.1. The van der Waals surface area contributed by atoms with Crippen molar-refractivity contribution in [2.45, 2.75) is 32.2 Å². The SMILES string of the molecule is CCOC(=O)N1CC2(CC[C@@H](N3CCN(c4cc(F)cnc4-c4cccnc4OC)CC3)C2)C1. The number of hydrogen-bond donors (Lipinski definition) is 0. The molecule has 2 aromatic heterocycles. The summed E-state index contributed by atoms with van der Waals surface area (Å²) >= 11 is 0. The molecule has 8 nitrogen and oxygen atoms in total. The molecule has 9 heteroatoms. The number of aromatic nitrogens is 2. The number of amides is 1. The van der Waals surface area contributed by atoms with Gasteiger partial charge in [-0.2, -0.15) is 0 Å². The zero-order chi connectivity index (χ0) is 23.7. The van der Waals surface area contributed by atoms with Gasteiger partial charge in [0.2, 0.25) is 5.88 Å². The molecule has 1 aliphatic carbocycles. The van der Waals surface area contributed by atoms with E-state index in [4.69, 9.17) is 9.47 Å². The van der Waals surface area contributed by atoms with Gasteiger partial charge < -0.3 is 19.3 Å². The standard InChI is InChI=1S/C25H32FN5O3/c1-3-34-24(32)31-16-25(17-31)7-6-19(14-25)29-9-11-30(12-10-29)21-13-18(26)15-28-22(21)20-5-4-8-27-23(20)33-2/h4-5,8,13,15,19H,3,6-7,9-12,14,16-17H2,1-2H3/t19-/m1/s1. The molecular formula is C25H32FN5O3. The molecule has 182 valence electrons. The number of likely N-dealkylation sites (tertiary alicyclic amines) is 1. The van der Waals surface area contributed by atoms with Crippen LogP contribution in [-0.2, 0) is 4.74 Å². The average Bonchev–Trinajstić information content (AvgIpc) is 3.29. The van der Waals surface area contributed by atoms with Gasteiger partial charge in [0.1, 0.15) is 5.82 Å². The van der Waals surface area contributed by atoms with E-state index < -0.39 is 0 Å². The van der Waals surface area contributed by atoms with Crippen LogP contribution in [0.5, 0.6) is 5.88 Å². The van der Waals surface area contributed by atoms with Crippen LogP contribution in [0.25, 0.3) is 11.3 Å². The fourth-order valence-corrected chi connectivity index (χ4v) is 5.82. The average molecular weight is 470 g/mol. The van der Waals surface area contributed by atoms with Gasteiger partial charge in [0, 0.05) is 63.0 Å². The number of carbonyl (C=O) groups excluding carboxylic acids is 1. The van der Waals surface area contributed by atoms with E-state index in [0.29, 0.717) is 24.2 Å². The van der Waals surface area contributed by atoms with Crippen LogP contribution >= 0.6 is 0 Å². The third-order valence-corrected chi connectivity index (χ3v) is 7.48. The summed E-state index contributed by atoms with van der Waals surface area (Å²) in [5.41, 5.74) is 2.48. The Hall–Kier alpha value is -2.94. The van der Waals surface area contributed by atoms with E-state index in [2.05, 4.69) is 19.8 Å². The molecule has 1 amide bonds. The van der Waals surface area contributed by atoms with E-state index in [-0.39, 0.29) is 17.3 Å². The topological polar surface area (TPSA) is 71.0 Å². The van der Waals surface area contributed by atoms with Crippen molar-refractivity contribution >= 4 is 11.8 Å². The first kappa shape index (κ1) is 22.8. The lowest BCUT2D eigenvalue weighted by Gasteiger charge is -2.48. The van der Waals surface area contributed by atoms with Gasteiger partial charge in [-0.15, -0.1) is 0 Å². The molecule has 3 aliphatic rings. The smallest absolute Gasteiger partial charge is 0.409 e. The highest BCUT2D eigenvalue weighted by Crippen LogP contribution is 2.47. The maximum absolute atomic E-state index is 14.2. The summed E-state index contributed by atoms with van der Waals surface area (Å²) in [7, 11) is 1.58. The zero-order valence-corrected chi connectivity index (χ0v) is 19.9. The van der Waals surface area contributed by atoms with Crippen LogP contribution in [0.3, 0.4) is 0 Å². The zero-order valence-electron chi connectivity index (χ0n) is 19.9. The van der Waals surface area contributed by atoms with Gasteiger partial charge in [-0.05, 0) is 38.3 Å². The highest BCUT2D eigenvalue weighted by Gasteiger charge is 2.51. The number of piperazine rings is 1. The minimum absolute atomic E-state index is 0.185. The van der Waals surface area contributed by atoms with Crippen molar-refractivity contribution in [3.05, 3.63) is 36.4 Å². The largest absolute Gasteiger partial charge is 0.481 e. The van der Waals surface area contributed by atoms with Crippen LogP contribution in [0.4, 0.5) is 14.9 Å². The first-order chi connectivity index (χ1) is 16.5. The number of hydrogen-bond acceptors (Lipinski definition) is 7. The maximum atomic E-state index is 14.2. The number of rotatable bonds is 5. The van der Waals surface area contributed by atoms with E-state index >= 15 is 0 Å². The molecule has 2 aliphatic heterocycles. The monoisotopic (exact) mass is 469 g/mol. The van der Waals surface area contributed by atoms with Gasteiger partial charge in [-0.25, -0.2) is 14.2 Å². The number of halogens is 1. The first-order valence-corrected chi connectivity index (χ1v) is 12.1. The normalized spacial score (nSPS) is 22.0. The van der Waals surface area contributed by atoms with E-state index in [0.717, 1.165) is 69.8 Å². The summed E-state index contributed by atoms with van der Waals surface area (Å²) in [6.07, 6.45) is 6.19. The molecule has 34 heavy (non-hydrogen) atoms. The third kappa shape index (κ3) is 4.29. The molecular weight excluding hydrogens is 437 g/mol. The van der Waals surface area contributed by atoms with E-state index in [1.54, 1.807) is 19.4 Å². The van der Waals surface area contributed by atoms with Gasteiger partial charge in [0.05, 0.1) is 36.9 Å². The number of ether oxygens (including phenoxy) is 2. The van der Waals surface area contributed by atoms with Crippen LogP contribution < -0.4 is 9.64 Å². The Morgan fingerprint density at radius 2 is 2.03 bits per heavy atom. The minimum Gasteiger partial charge on any atom is -0.481 e. The molecule has 4 heterocycles. The second-order valence-electron chi connectivity index (χ2n) is 9.56. The predicted molar refractivity (Wildman–Crippen MR) is 126 cm³/mol. The molecule has 0 unspecified atom stereocenters. The lowest BCUT2D eigenvalue weighted by molar-refractivity contribution is -0.00294.